The van der Waals surface area contributed by atoms with Gasteiger partial charge in [-0.1, -0.05) is 13.5 Å². The van der Waals surface area contributed by atoms with E-state index in [0.717, 1.165) is 25.1 Å². The first-order valence-corrected chi connectivity index (χ1v) is 4.65. The number of rotatable bonds is 1. The zero-order valence-electron chi connectivity index (χ0n) is 8.30. The molecule has 0 amide bonds. The summed E-state index contributed by atoms with van der Waals surface area (Å²) in [7, 11) is 0. The molecule has 0 aromatic heterocycles. The lowest BCUT2D eigenvalue weighted by Gasteiger charge is -2.45. The quantitative estimate of drug-likeness (QED) is 0.648. The maximum Gasteiger partial charge on any atom is 0.135 e. The SMILES string of the molecule is C=C1CC(C)C[C@](C)(O)N1CC. The normalized spacial score (nSPS) is 37.2. The van der Waals surface area contributed by atoms with Crippen molar-refractivity contribution in [1.29, 1.82) is 0 Å². The minimum atomic E-state index is -0.677. The van der Waals surface area contributed by atoms with Crippen LogP contribution in [0, 0.1) is 5.92 Å². The van der Waals surface area contributed by atoms with Crippen molar-refractivity contribution in [2.45, 2.75) is 39.3 Å². The summed E-state index contributed by atoms with van der Waals surface area (Å²) in [5.41, 5.74) is 0.394. The Balaban J connectivity index is 2.78. The molecule has 1 aliphatic heterocycles. The molecule has 0 aromatic carbocycles. The van der Waals surface area contributed by atoms with Gasteiger partial charge in [-0.3, -0.25) is 0 Å². The van der Waals surface area contributed by atoms with Gasteiger partial charge in [0.25, 0.3) is 0 Å². The number of likely N-dealkylation sites (tertiary alicyclic amines) is 1. The van der Waals surface area contributed by atoms with Crippen LogP contribution in [-0.4, -0.2) is 22.3 Å². The molecule has 1 heterocycles. The molecular formula is C10H19NO. The van der Waals surface area contributed by atoms with Gasteiger partial charge in [-0.2, -0.15) is 0 Å². The number of aliphatic hydroxyl groups is 1. The van der Waals surface area contributed by atoms with E-state index in [-0.39, 0.29) is 0 Å². The van der Waals surface area contributed by atoms with E-state index in [1.54, 1.807) is 0 Å². The van der Waals surface area contributed by atoms with Crippen molar-refractivity contribution in [2.24, 2.45) is 5.92 Å². The van der Waals surface area contributed by atoms with Crippen LogP contribution in [0.15, 0.2) is 12.3 Å². The highest BCUT2D eigenvalue weighted by Crippen LogP contribution is 2.34. The maximum absolute atomic E-state index is 10.0. The van der Waals surface area contributed by atoms with Gasteiger partial charge in [0.1, 0.15) is 5.72 Å². The van der Waals surface area contributed by atoms with Crippen molar-refractivity contribution in [3.05, 3.63) is 12.3 Å². The Morgan fingerprint density at radius 1 is 1.75 bits per heavy atom. The second-order valence-corrected chi connectivity index (χ2v) is 4.04. The van der Waals surface area contributed by atoms with Crippen molar-refractivity contribution in [1.82, 2.24) is 4.90 Å². The van der Waals surface area contributed by atoms with E-state index in [9.17, 15) is 5.11 Å². The first-order valence-electron chi connectivity index (χ1n) is 4.65. The molecule has 0 saturated carbocycles. The third kappa shape index (κ3) is 1.63. The molecular weight excluding hydrogens is 150 g/mol. The largest absolute Gasteiger partial charge is 0.371 e. The van der Waals surface area contributed by atoms with Crippen LogP contribution in [0.2, 0.25) is 0 Å². The van der Waals surface area contributed by atoms with E-state index in [4.69, 9.17) is 0 Å². The summed E-state index contributed by atoms with van der Waals surface area (Å²) in [4.78, 5) is 1.99. The van der Waals surface area contributed by atoms with E-state index < -0.39 is 5.72 Å². The van der Waals surface area contributed by atoms with E-state index in [1.807, 2.05) is 11.8 Å². The number of piperidine rings is 1. The second kappa shape index (κ2) is 3.09. The van der Waals surface area contributed by atoms with Gasteiger partial charge < -0.3 is 10.0 Å². The third-order valence-corrected chi connectivity index (χ3v) is 2.60. The molecule has 0 radical (unpaired) electrons. The van der Waals surface area contributed by atoms with Crippen molar-refractivity contribution in [3.8, 4) is 0 Å². The Bertz CT molecular complexity index is 186. The molecule has 2 atom stereocenters. The van der Waals surface area contributed by atoms with Crippen molar-refractivity contribution < 1.29 is 5.11 Å². The van der Waals surface area contributed by atoms with Gasteiger partial charge in [0.05, 0.1) is 0 Å². The van der Waals surface area contributed by atoms with Gasteiger partial charge in [0.15, 0.2) is 0 Å². The van der Waals surface area contributed by atoms with Crippen molar-refractivity contribution in [2.75, 3.05) is 6.54 Å². The number of hydrogen-bond acceptors (Lipinski definition) is 2. The van der Waals surface area contributed by atoms with Crippen LogP contribution in [-0.2, 0) is 0 Å². The zero-order valence-corrected chi connectivity index (χ0v) is 8.30. The molecule has 2 heteroatoms. The lowest BCUT2D eigenvalue weighted by atomic mass is 9.89. The molecule has 0 bridgehead atoms. The van der Waals surface area contributed by atoms with Gasteiger partial charge in [-0.25, -0.2) is 0 Å². The van der Waals surface area contributed by atoms with Crippen LogP contribution in [0.5, 0.6) is 0 Å². The molecule has 0 spiro atoms. The molecule has 0 aliphatic carbocycles. The van der Waals surface area contributed by atoms with E-state index in [2.05, 4.69) is 20.4 Å². The summed E-state index contributed by atoms with van der Waals surface area (Å²) in [5.74, 6) is 0.551. The summed E-state index contributed by atoms with van der Waals surface area (Å²) in [6.45, 7) is 10.9. The minimum absolute atomic E-state index is 0.551. The van der Waals surface area contributed by atoms with Crippen molar-refractivity contribution >= 4 is 0 Å². The molecule has 70 valence electrons. The van der Waals surface area contributed by atoms with Crippen molar-refractivity contribution in [3.63, 3.8) is 0 Å². The number of hydrogen-bond donors (Lipinski definition) is 1. The van der Waals surface area contributed by atoms with E-state index in [0.29, 0.717) is 5.92 Å². The molecule has 2 nitrogen and oxygen atoms in total. The molecule has 1 unspecified atom stereocenters. The second-order valence-electron chi connectivity index (χ2n) is 4.04. The van der Waals surface area contributed by atoms with Gasteiger partial charge in [0.2, 0.25) is 0 Å². The monoisotopic (exact) mass is 169 g/mol. The molecule has 1 aliphatic rings. The zero-order chi connectivity index (χ0) is 9.35. The molecule has 0 aromatic rings. The summed E-state index contributed by atoms with van der Waals surface area (Å²) in [6, 6.07) is 0. The van der Waals surface area contributed by atoms with Crippen LogP contribution >= 0.6 is 0 Å². The first kappa shape index (κ1) is 9.59. The molecule has 1 saturated heterocycles. The highest BCUT2D eigenvalue weighted by Gasteiger charge is 2.35. The average Bonchev–Trinajstić information content (AvgIpc) is 1.82. The summed E-state index contributed by atoms with van der Waals surface area (Å²) < 4.78 is 0. The van der Waals surface area contributed by atoms with E-state index >= 15 is 0 Å². The predicted octanol–water partition coefficient (Wildman–Crippen LogP) is 1.96. The van der Waals surface area contributed by atoms with Crippen LogP contribution < -0.4 is 0 Å². The fourth-order valence-corrected chi connectivity index (χ4v) is 2.26. The fraction of sp³-hybridized carbons (Fsp3) is 0.800. The Morgan fingerprint density at radius 3 is 2.75 bits per heavy atom. The average molecular weight is 169 g/mol. The van der Waals surface area contributed by atoms with Crippen LogP contribution in [0.3, 0.4) is 0 Å². The lowest BCUT2D eigenvalue weighted by Crippen LogP contribution is -2.49. The van der Waals surface area contributed by atoms with E-state index in [1.165, 1.54) is 0 Å². The predicted molar refractivity (Wildman–Crippen MR) is 50.5 cm³/mol. The van der Waals surface area contributed by atoms with Gasteiger partial charge in [0, 0.05) is 12.2 Å². The summed E-state index contributed by atoms with van der Waals surface area (Å²) >= 11 is 0. The van der Waals surface area contributed by atoms with Gasteiger partial charge in [-0.15, -0.1) is 0 Å². The molecule has 1 fully saturated rings. The highest BCUT2D eigenvalue weighted by atomic mass is 16.3. The Hall–Kier alpha value is -0.500. The van der Waals surface area contributed by atoms with Crippen LogP contribution in [0.25, 0.3) is 0 Å². The number of nitrogens with zero attached hydrogens (tertiary/aromatic N) is 1. The smallest absolute Gasteiger partial charge is 0.135 e. The Morgan fingerprint density at radius 2 is 2.33 bits per heavy atom. The number of allylic oxidation sites excluding steroid dienone is 1. The summed E-state index contributed by atoms with van der Waals surface area (Å²) in [5, 5.41) is 10.0. The maximum atomic E-state index is 10.0. The fourth-order valence-electron chi connectivity index (χ4n) is 2.26. The third-order valence-electron chi connectivity index (χ3n) is 2.60. The highest BCUT2D eigenvalue weighted by molar-refractivity contribution is 5.04. The topological polar surface area (TPSA) is 23.5 Å². The van der Waals surface area contributed by atoms with Crippen LogP contribution in [0.4, 0.5) is 0 Å². The molecule has 1 rings (SSSR count). The van der Waals surface area contributed by atoms with Gasteiger partial charge >= 0.3 is 0 Å². The van der Waals surface area contributed by atoms with Gasteiger partial charge in [-0.05, 0) is 32.6 Å². The standard InChI is InChI=1S/C10H19NO/c1-5-11-9(3)6-8(2)7-10(11,4)12/h8,12H,3,5-7H2,1-2,4H3/t8?,10-/m0/s1. The lowest BCUT2D eigenvalue weighted by molar-refractivity contribution is -0.105. The van der Waals surface area contributed by atoms with Crippen LogP contribution in [0.1, 0.15) is 33.6 Å². The molecule has 1 N–H and O–H groups in total. The summed E-state index contributed by atoms with van der Waals surface area (Å²) in [6.07, 6.45) is 1.86. The first-order chi connectivity index (χ1) is 5.47. The molecule has 12 heavy (non-hydrogen) atoms. The Labute approximate surface area is 74.9 Å². The Kier molecular flexibility index (Phi) is 2.47. The minimum Gasteiger partial charge on any atom is -0.371 e.